The van der Waals surface area contributed by atoms with Gasteiger partial charge < -0.3 is 15.2 Å². The molecule has 0 unspecified atom stereocenters. The predicted molar refractivity (Wildman–Crippen MR) is 148 cm³/mol. The van der Waals surface area contributed by atoms with Crippen LogP contribution in [0.4, 0.5) is 27.5 Å². The fourth-order valence-corrected chi connectivity index (χ4v) is 5.98. The molecule has 0 amide bonds. The topological polar surface area (TPSA) is 108 Å². The van der Waals surface area contributed by atoms with Gasteiger partial charge in [0.1, 0.15) is 17.5 Å². The molecular formula is C27H31FN8O2S. The Morgan fingerprint density at radius 2 is 1.62 bits per heavy atom. The molecule has 39 heavy (non-hydrogen) atoms. The van der Waals surface area contributed by atoms with Crippen molar-refractivity contribution < 1.29 is 12.8 Å². The van der Waals surface area contributed by atoms with E-state index in [1.165, 1.54) is 16.4 Å². The van der Waals surface area contributed by atoms with Gasteiger partial charge in [0, 0.05) is 63.2 Å². The zero-order chi connectivity index (χ0) is 27.4. The van der Waals surface area contributed by atoms with Crippen LogP contribution in [0, 0.1) is 5.82 Å². The third-order valence-corrected chi connectivity index (χ3v) is 8.84. The second-order valence-electron chi connectivity index (χ2n) is 9.53. The number of anilines is 4. The van der Waals surface area contributed by atoms with E-state index < -0.39 is 10.0 Å². The zero-order valence-corrected chi connectivity index (χ0v) is 22.6. The fourth-order valence-electron chi connectivity index (χ4n) is 4.56. The van der Waals surface area contributed by atoms with Crippen LogP contribution in [0.15, 0.2) is 78.1 Å². The van der Waals surface area contributed by atoms with Crippen LogP contribution in [-0.2, 0) is 23.6 Å². The van der Waals surface area contributed by atoms with Crippen LogP contribution in [-0.4, -0.2) is 63.3 Å². The summed E-state index contributed by atoms with van der Waals surface area (Å²) < 4.78 is 43.3. The molecule has 0 saturated carbocycles. The molecule has 0 bridgehead atoms. The van der Waals surface area contributed by atoms with Gasteiger partial charge in [-0.05, 0) is 67.4 Å². The van der Waals surface area contributed by atoms with Crippen molar-refractivity contribution in [1.82, 2.24) is 28.7 Å². The van der Waals surface area contributed by atoms with E-state index in [9.17, 15) is 12.8 Å². The van der Waals surface area contributed by atoms with Crippen molar-refractivity contribution in [2.45, 2.75) is 30.3 Å². The molecule has 1 aliphatic heterocycles. The second kappa shape index (κ2) is 11.5. The number of imidazole rings is 1. The van der Waals surface area contributed by atoms with Crippen molar-refractivity contribution in [2.75, 3.05) is 30.8 Å². The Labute approximate surface area is 227 Å². The van der Waals surface area contributed by atoms with Crippen LogP contribution in [0.25, 0.3) is 0 Å². The molecule has 1 fully saturated rings. The highest BCUT2D eigenvalue weighted by Crippen LogP contribution is 2.25. The van der Waals surface area contributed by atoms with Crippen molar-refractivity contribution in [3.63, 3.8) is 0 Å². The first-order valence-corrected chi connectivity index (χ1v) is 14.1. The molecule has 5 rings (SSSR count). The first-order chi connectivity index (χ1) is 18.8. The SMILES string of the molecule is CN(C1CCN(Cc2nccn2C)CC1)S(=O)(=O)c1ccc(Nc2nccc(Nc3ccc(F)cc3)n2)cc1. The number of aryl methyl sites for hydroxylation is 1. The molecule has 1 saturated heterocycles. The summed E-state index contributed by atoms with van der Waals surface area (Å²) in [5.41, 5.74) is 1.34. The summed E-state index contributed by atoms with van der Waals surface area (Å²) in [7, 11) is -0.00349. The largest absolute Gasteiger partial charge is 0.340 e. The minimum absolute atomic E-state index is 0.0600. The monoisotopic (exact) mass is 550 g/mol. The van der Waals surface area contributed by atoms with Crippen LogP contribution < -0.4 is 10.6 Å². The quantitative estimate of drug-likeness (QED) is 0.321. The van der Waals surface area contributed by atoms with E-state index in [1.807, 2.05) is 17.8 Å². The lowest BCUT2D eigenvalue weighted by Gasteiger charge is -2.36. The predicted octanol–water partition coefficient (Wildman–Crippen LogP) is 4.12. The first kappa shape index (κ1) is 26.7. The Kier molecular flexibility index (Phi) is 7.87. The van der Waals surface area contributed by atoms with Crippen molar-refractivity contribution >= 4 is 33.2 Å². The minimum atomic E-state index is -3.64. The van der Waals surface area contributed by atoms with Crippen molar-refractivity contribution in [1.29, 1.82) is 0 Å². The third kappa shape index (κ3) is 6.41. The zero-order valence-electron chi connectivity index (χ0n) is 21.8. The third-order valence-electron chi connectivity index (χ3n) is 6.92. The number of hydrogen-bond acceptors (Lipinski definition) is 8. The Bertz CT molecular complexity index is 1500. The van der Waals surface area contributed by atoms with Crippen LogP contribution in [0.1, 0.15) is 18.7 Å². The van der Waals surface area contributed by atoms with Crippen molar-refractivity contribution in [3.05, 3.63) is 84.8 Å². The van der Waals surface area contributed by atoms with Gasteiger partial charge in [0.05, 0.1) is 11.4 Å². The highest BCUT2D eigenvalue weighted by atomic mass is 32.2. The van der Waals surface area contributed by atoms with E-state index in [0.717, 1.165) is 38.3 Å². The Morgan fingerprint density at radius 1 is 0.949 bits per heavy atom. The number of sulfonamides is 1. The Balaban J connectivity index is 1.18. The average molecular weight is 551 g/mol. The van der Waals surface area contributed by atoms with Gasteiger partial charge >= 0.3 is 0 Å². The summed E-state index contributed by atoms with van der Waals surface area (Å²) in [6, 6.07) is 14.2. The summed E-state index contributed by atoms with van der Waals surface area (Å²) in [5.74, 6) is 1.56. The lowest BCUT2D eigenvalue weighted by Crippen LogP contribution is -2.45. The highest BCUT2D eigenvalue weighted by molar-refractivity contribution is 7.89. The van der Waals surface area contributed by atoms with Crippen molar-refractivity contribution in [2.24, 2.45) is 7.05 Å². The molecule has 0 radical (unpaired) electrons. The van der Waals surface area contributed by atoms with Crippen LogP contribution in [0.3, 0.4) is 0 Å². The van der Waals surface area contributed by atoms with Gasteiger partial charge in [0.25, 0.3) is 0 Å². The lowest BCUT2D eigenvalue weighted by atomic mass is 10.1. The summed E-state index contributed by atoms with van der Waals surface area (Å²) in [4.78, 5) is 15.6. The maximum absolute atomic E-state index is 13.3. The molecule has 0 atom stereocenters. The summed E-state index contributed by atoms with van der Waals surface area (Å²) in [6.45, 7) is 2.39. The van der Waals surface area contributed by atoms with Crippen LogP contribution in [0.5, 0.6) is 0 Å². The van der Waals surface area contributed by atoms with E-state index in [0.29, 0.717) is 23.1 Å². The number of rotatable bonds is 9. The molecule has 2 aromatic heterocycles. The Hall–Kier alpha value is -3.87. The number of hydrogen-bond donors (Lipinski definition) is 2. The van der Waals surface area contributed by atoms with E-state index >= 15 is 0 Å². The van der Waals surface area contributed by atoms with Gasteiger partial charge in [-0.1, -0.05) is 0 Å². The number of halogens is 1. The normalized spacial score (nSPS) is 15.0. The summed E-state index contributed by atoms with van der Waals surface area (Å²) in [6.07, 6.45) is 6.84. The minimum Gasteiger partial charge on any atom is -0.340 e. The van der Waals surface area contributed by atoms with E-state index in [-0.39, 0.29) is 16.8 Å². The van der Waals surface area contributed by atoms with E-state index in [4.69, 9.17) is 0 Å². The smallest absolute Gasteiger partial charge is 0.243 e. The molecule has 2 N–H and O–H groups in total. The fraction of sp³-hybridized carbons (Fsp3) is 0.296. The molecule has 0 aliphatic carbocycles. The van der Waals surface area contributed by atoms with Crippen LogP contribution >= 0.6 is 0 Å². The van der Waals surface area contributed by atoms with E-state index in [1.54, 1.807) is 61.9 Å². The van der Waals surface area contributed by atoms with Crippen LogP contribution in [0.2, 0.25) is 0 Å². The molecule has 204 valence electrons. The Morgan fingerprint density at radius 3 is 2.28 bits per heavy atom. The molecule has 10 nitrogen and oxygen atoms in total. The maximum Gasteiger partial charge on any atom is 0.243 e. The molecule has 2 aromatic carbocycles. The number of likely N-dealkylation sites (tertiary alicyclic amines) is 1. The number of nitrogens with zero attached hydrogens (tertiary/aromatic N) is 6. The average Bonchev–Trinajstić information content (AvgIpc) is 3.34. The van der Waals surface area contributed by atoms with Gasteiger partial charge in [0.15, 0.2) is 0 Å². The second-order valence-corrected chi connectivity index (χ2v) is 11.5. The number of benzene rings is 2. The lowest BCUT2D eigenvalue weighted by molar-refractivity contribution is 0.160. The molecule has 4 aromatic rings. The van der Waals surface area contributed by atoms with Gasteiger partial charge in [-0.25, -0.2) is 22.8 Å². The number of piperidine rings is 1. The van der Waals surface area contributed by atoms with Gasteiger partial charge in [0.2, 0.25) is 16.0 Å². The molecule has 3 heterocycles. The van der Waals surface area contributed by atoms with Crippen molar-refractivity contribution in [3.8, 4) is 0 Å². The molecule has 0 spiro atoms. The van der Waals surface area contributed by atoms with E-state index in [2.05, 4.69) is 30.5 Å². The first-order valence-electron chi connectivity index (χ1n) is 12.7. The summed E-state index contributed by atoms with van der Waals surface area (Å²) in [5, 5.41) is 6.19. The number of aromatic nitrogens is 4. The highest BCUT2D eigenvalue weighted by Gasteiger charge is 2.31. The molecule has 12 heteroatoms. The standard InChI is InChI=1S/C27H31FN8O2S/c1-34-18-15-29-26(34)19-36-16-12-23(13-17-36)35(2)39(37,38)24-9-7-22(8-10-24)32-27-30-14-11-25(33-27)31-21-5-3-20(28)4-6-21/h3-11,14-15,18,23H,12-13,16-17,19H2,1-2H3,(H2,30,31,32,33). The number of nitrogens with one attached hydrogen (secondary N) is 2. The van der Waals surface area contributed by atoms with Gasteiger partial charge in [-0.3, -0.25) is 4.90 Å². The van der Waals surface area contributed by atoms with Gasteiger partial charge in [-0.2, -0.15) is 9.29 Å². The molecule has 1 aliphatic rings. The molecular weight excluding hydrogens is 519 g/mol. The summed E-state index contributed by atoms with van der Waals surface area (Å²) >= 11 is 0. The van der Waals surface area contributed by atoms with Gasteiger partial charge in [-0.15, -0.1) is 0 Å². The maximum atomic E-state index is 13.3.